The smallest absolute Gasteiger partial charge is 0.0937 e. The van der Waals surface area contributed by atoms with Crippen molar-refractivity contribution in [3.05, 3.63) is 24.2 Å². The molecule has 2 rings (SSSR count). The van der Waals surface area contributed by atoms with Crippen LogP contribution in [0.25, 0.3) is 0 Å². The van der Waals surface area contributed by atoms with Crippen LogP contribution in [0.1, 0.15) is 37.7 Å². The van der Waals surface area contributed by atoms with Gasteiger partial charge in [-0.3, -0.25) is 0 Å². The van der Waals surface area contributed by atoms with Crippen molar-refractivity contribution in [2.24, 2.45) is 11.7 Å². The molecule has 3 atom stereocenters. The van der Waals surface area contributed by atoms with E-state index in [0.29, 0.717) is 12.0 Å². The maximum Gasteiger partial charge on any atom is 0.0937 e. The van der Waals surface area contributed by atoms with Crippen molar-refractivity contribution in [2.45, 2.75) is 38.1 Å². The van der Waals surface area contributed by atoms with Gasteiger partial charge in [0.15, 0.2) is 0 Å². The molecule has 2 nitrogen and oxygen atoms in total. The molecule has 3 unspecified atom stereocenters. The average molecular weight is 179 g/mol. The molecule has 1 aromatic heterocycles. The minimum Gasteiger partial charge on any atom is -0.472 e. The number of hydrogen-bond acceptors (Lipinski definition) is 2. The van der Waals surface area contributed by atoms with Crippen LogP contribution >= 0.6 is 0 Å². The second-order valence-corrected chi connectivity index (χ2v) is 4.21. The van der Waals surface area contributed by atoms with Crippen LogP contribution in [-0.4, -0.2) is 6.04 Å². The Hall–Kier alpha value is -0.760. The topological polar surface area (TPSA) is 39.2 Å². The lowest BCUT2D eigenvalue weighted by atomic mass is 9.75. The van der Waals surface area contributed by atoms with Gasteiger partial charge >= 0.3 is 0 Å². The summed E-state index contributed by atoms with van der Waals surface area (Å²) in [4.78, 5) is 0. The lowest BCUT2D eigenvalue weighted by Gasteiger charge is -2.31. The van der Waals surface area contributed by atoms with Crippen molar-refractivity contribution < 1.29 is 4.42 Å². The highest BCUT2D eigenvalue weighted by molar-refractivity contribution is 5.15. The second kappa shape index (κ2) is 3.54. The molecule has 0 aromatic carbocycles. The zero-order valence-corrected chi connectivity index (χ0v) is 8.07. The van der Waals surface area contributed by atoms with E-state index in [2.05, 4.69) is 13.0 Å². The Morgan fingerprint density at radius 3 is 3.00 bits per heavy atom. The molecule has 1 fully saturated rings. The first kappa shape index (κ1) is 8.82. The summed E-state index contributed by atoms with van der Waals surface area (Å²) >= 11 is 0. The van der Waals surface area contributed by atoms with Gasteiger partial charge in [-0.1, -0.05) is 6.92 Å². The van der Waals surface area contributed by atoms with Crippen LogP contribution in [0.4, 0.5) is 0 Å². The van der Waals surface area contributed by atoms with Crippen LogP contribution < -0.4 is 5.73 Å². The maximum atomic E-state index is 5.96. The third-order valence-electron chi connectivity index (χ3n) is 3.21. The quantitative estimate of drug-likeness (QED) is 0.719. The standard InChI is InChI=1S/C11H17NO/c1-8-2-3-10(12)6-11(8)9-4-5-13-7-9/h4-5,7-8,10-11H,2-3,6,12H2,1H3. The molecule has 0 aliphatic heterocycles. The Morgan fingerprint density at radius 2 is 2.31 bits per heavy atom. The summed E-state index contributed by atoms with van der Waals surface area (Å²) in [7, 11) is 0. The van der Waals surface area contributed by atoms with E-state index in [4.69, 9.17) is 10.2 Å². The number of hydrogen-bond donors (Lipinski definition) is 1. The van der Waals surface area contributed by atoms with Crippen LogP contribution in [0.5, 0.6) is 0 Å². The Balaban J connectivity index is 2.12. The molecule has 1 aliphatic carbocycles. The second-order valence-electron chi connectivity index (χ2n) is 4.21. The van der Waals surface area contributed by atoms with Crippen molar-refractivity contribution in [2.75, 3.05) is 0 Å². The first-order chi connectivity index (χ1) is 6.27. The van der Waals surface area contributed by atoms with E-state index >= 15 is 0 Å². The van der Waals surface area contributed by atoms with Crippen LogP contribution in [0.15, 0.2) is 23.0 Å². The predicted molar refractivity (Wildman–Crippen MR) is 52.4 cm³/mol. The van der Waals surface area contributed by atoms with Gasteiger partial charge in [0, 0.05) is 6.04 Å². The van der Waals surface area contributed by atoms with Gasteiger partial charge < -0.3 is 10.2 Å². The number of furan rings is 1. The summed E-state index contributed by atoms with van der Waals surface area (Å²) in [6, 6.07) is 2.45. The summed E-state index contributed by atoms with van der Waals surface area (Å²) in [6.07, 6.45) is 7.15. The monoisotopic (exact) mass is 179 g/mol. The van der Waals surface area contributed by atoms with E-state index in [1.165, 1.54) is 18.4 Å². The zero-order valence-electron chi connectivity index (χ0n) is 8.07. The lowest BCUT2D eigenvalue weighted by Crippen LogP contribution is -2.30. The van der Waals surface area contributed by atoms with Gasteiger partial charge in [0.25, 0.3) is 0 Å². The molecule has 0 saturated heterocycles. The van der Waals surface area contributed by atoms with Gasteiger partial charge in [-0.2, -0.15) is 0 Å². The molecule has 0 spiro atoms. The normalized spacial score (nSPS) is 34.8. The molecule has 1 aromatic rings. The Bertz CT molecular complexity index is 255. The molecule has 2 heteroatoms. The minimum absolute atomic E-state index is 0.385. The van der Waals surface area contributed by atoms with Gasteiger partial charge in [0.2, 0.25) is 0 Å². The first-order valence-electron chi connectivity index (χ1n) is 5.05. The van der Waals surface area contributed by atoms with Crippen molar-refractivity contribution in [3.63, 3.8) is 0 Å². The largest absolute Gasteiger partial charge is 0.472 e. The summed E-state index contributed by atoms with van der Waals surface area (Å²) < 4.78 is 5.11. The van der Waals surface area contributed by atoms with Crippen LogP contribution in [0.2, 0.25) is 0 Å². The summed E-state index contributed by atoms with van der Waals surface area (Å²) in [5, 5.41) is 0. The van der Waals surface area contributed by atoms with Crippen LogP contribution in [0, 0.1) is 5.92 Å². The predicted octanol–water partition coefficient (Wildman–Crippen LogP) is 2.51. The molecule has 72 valence electrons. The van der Waals surface area contributed by atoms with Crippen molar-refractivity contribution in [1.82, 2.24) is 0 Å². The SMILES string of the molecule is CC1CCC(N)CC1c1ccoc1. The highest BCUT2D eigenvalue weighted by Crippen LogP contribution is 2.36. The summed E-state index contributed by atoms with van der Waals surface area (Å²) in [5.41, 5.74) is 7.28. The van der Waals surface area contributed by atoms with Crippen molar-refractivity contribution >= 4 is 0 Å². The highest BCUT2D eigenvalue weighted by atomic mass is 16.3. The van der Waals surface area contributed by atoms with E-state index in [1.807, 2.05) is 6.26 Å². The van der Waals surface area contributed by atoms with E-state index in [0.717, 1.165) is 12.3 Å². The Morgan fingerprint density at radius 1 is 1.46 bits per heavy atom. The summed E-state index contributed by atoms with van der Waals surface area (Å²) in [5.74, 6) is 1.36. The third-order valence-corrected chi connectivity index (χ3v) is 3.21. The first-order valence-corrected chi connectivity index (χ1v) is 5.05. The van der Waals surface area contributed by atoms with Gasteiger partial charge in [-0.05, 0) is 42.7 Å². The van der Waals surface area contributed by atoms with Gasteiger partial charge in [0.05, 0.1) is 12.5 Å². The van der Waals surface area contributed by atoms with E-state index < -0.39 is 0 Å². The maximum absolute atomic E-state index is 5.96. The number of nitrogens with two attached hydrogens (primary N) is 1. The van der Waals surface area contributed by atoms with Gasteiger partial charge in [-0.15, -0.1) is 0 Å². The highest BCUT2D eigenvalue weighted by Gasteiger charge is 2.27. The Kier molecular flexibility index (Phi) is 2.40. The zero-order chi connectivity index (χ0) is 9.26. The molecule has 1 aliphatic rings. The molecule has 0 radical (unpaired) electrons. The Labute approximate surface area is 79.1 Å². The molecule has 0 amide bonds. The van der Waals surface area contributed by atoms with E-state index in [9.17, 15) is 0 Å². The molecular weight excluding hydrogens is 162 g/mol. The van der Waals surface area contributed by atoms with Crippen LogP contribution in [-0.2, 0) is 0 Å². The fourth-order valence-electron chi connectivity index (χ4n) is 2.31. The molecular formula is C11H17NO. The van der Waals surface area contributed by atoms with Crippen molar-refractivity contribution in [3.8, 4) is 0 Å². The third kappa shape index (κ3) is 1.78. The molecule has 13 heavy (non-hydrogen) atoms. The molecule has 0 bridgehead atoms. The average Bonchev–Trinajstić information content (AvgIpc) is 2.61. The van der Waals surface area contributed by atoms with E-state index in [-0.39, 0.29) is 0 Å². The fraction of sp³-hybridized carbons (Fsp3) is 0.636. The fourth-order valence-corrected chi connectivity index (χ4v) is 2.31. The lowest BCUT2D eigenvalue weighted by molar-refractivity contribution is 0.298. The minimum atomic E-state index is 0.385. The van der Waals surface area contributed by atoms with Gasteiger partial charge in [0.1, 0.15) is 0 Å². The molecule has 2 N–H and O–H groups in total. The van der Waals surface area contributed by atoms with Gasteiger partial charge in [-0.25, -0.2) is 0 Å². The van der Waals surface area contributed by atoms with Crippen molar-refractivity contribution in [1.29, 1.82) is 0 Å². The molecule has 1 heterocycles. The number of rotatable bonds is 1. The van der Waals surface area contributed by atoms with Crippen LogP contribution in [0.3, 0.4) is 0 Å². The molecule has 1 saturated carbocycles. The van der Waals surface area contributed by atoms with E-state index in [1.54, 1.807) is 6.26 Å². The summed E-state index contributed by atoms with van der Waals surface area (Å²) in [6.45, 7) is 2.31.